The van der Waals surface area contributed by atoms with Crippen molar-refractivity contribution in [3.63, 3.8) is 0 Å². The van der Waals surface area contributed by atoms with Crippen LogP contribution in [-0.4, -0.2) is 18.9 Å². The van der Waals surface area contributed by atoms with Crippen molar-refractivity contribution in [2.45, 2.75) is 0 Å². The predicted octanol–water partition coefficient (Wildman–Crippen LogP) is 9.54. The maximum Gasteiger partial charge on any atom is 0.235 e. The normalized spacial score (nSPS) is 12.3. The summed E-state index contributed by atoms with van der Waals surface area (Å²) < 4.78 is 4.72. The molecule has 6 aromatic carbocycles. The number of hydrogen-bond donors (Lipinski definition) is 0. The summed E-state index contributed by atoms with van der Waals surface area (Å²) in [7, 11) is 0. The Morgan fingerprint density at radius 1 is 0.405 bits per heavy atom. The van der Waals surface area contributed by atoms with E-state index in [0.717, 1.165) is 33.2 Å². The molecule has 0 atom stereocenters. The van der Waals surface area contributed by atoms with Crippen LogP contribution in [0.2, 0.25) is 0 Å². The van der Waals surface area contributed by atoms with E-state index in [-0.39, 0.29) is 0 Å². The van der Waals surface area contributed by atoms with Gasteiger partial charge in [-0.3, -0.25) is 4.57 Å². The molecule has 4 heterocycles. The molecule has 0 saturated heterocycles. The van der Waals surface area contributed by atoms with Crippen molar-refractivity contribution in [2.75, 3.05) is 0 Å². The molecule has 0 amide bonds. The number of aromatic nitrogens is 4. The van der Waals surface area contributed by atoms with Crippen LogP contribution in [0.15, 0.2) is 133 Å². The van der Waals surface area contributed by atoms with Gasteiger partial charge in [-0.25, -0.2) is 9.97 Å². The van der Waals surface area contributed by atoms with Crippen LogP contribution in [0.3, 0.4) is 0 Å². The van der Waals surface area contributed by atoms with Crippen LogP contribution in [0, 0.1) is 0 Å². The van der Waals surface area contributed by atoms with Gasteiger partial charge in [-0.15, -0.1) is 0 Å². The first-order valence-electron chi connectivity index (χ1n) is 14.3. The molecule has 10 rings (SSSR count). The van der Waals surface area contributed by atoms with Crippen LogP contribution < -0.4 is 0 Å². The van der Waals surface area contributed by atoms with Crippen molar-refractivity contribution in [1.82, 2.24) is 18.9 Å². The zero-order valence-electron chi connectivity index (χ0n) is 22.5. The Bertz CT molecular complexity index is 2680. The largest absolute Gasteiger partial charge is 0.308 e. The van der Waals surface area contributed by atoms with Crippen LogP contribution in [-0.2, 0) is 0 Å². The zero-order chi connectivity index (χ0) is 27.4. The fourth-order valence-corrected chi connectivity index (χ4v) is 7.18. The first-order valence-corrected chi connectivity index (χ1v) is 14.3. The molecule has 4 aromatic heterocycles. The third kappa shape index (κ3) is 2.71. The first-order chi connectivity index (χ1) is 20.9. The lowest BCUT2D eigenvalue weighted by Crippen LogP contribution is -2.03. The molecule has 42 heavy (non-hydrogen) atoms. The van der Waals surface area contributed by atoms with E-state index >= 15 is 0 Å². The van der Waals surface area contributed by atoms with E-state index in [1.165, 1.54) is 48.9 Å². The maximum atomic E-state index is 5.29. The first kappa shape index (κ1) is 22.0. The lowest BCUT2D eigenvalue weighted by atomic mass is 10.0. The van der Waals surface area contributed by atoms with Crippen molar-refractivity contribution in [3.05, 3.63) is 133 Å². The van der Waals surface area contributed by atoms with E-state index < -0.39 is 0 Å². The van der Waals surface area contributed by atoms with Crippen LogP contribution in [0.5, 0.6) is 0 Å². The number of fused-ring (bicyclic) bond motifs is 6. The Hall–Kier alpha value is -5.74. The van der Waals surface area contributed by atoms with E-state index in [0.29, 0.717) is 5.95 Å². The van der Waals surface area contributed by atoms with Gasteiger partial charge < -0.3 is 4.40 Å². The highest BCUT2D eigenvalue weighted by Crippen LogP contribution is 2.43. The molecule has 0 spiro atoms. The van der Waals surface area contributed by atoms with Crippen molar-refractivity contribution < 1.29 is 0 Å². The Morgan fingerprint density at radius 3 is 1.88 bits per heavy atom. The summed E-state index contributed by atoms with van der Waals surface area (Å²) in [5.41, 5.74) is 8.82. The number of rotatable bonds is 2. The molecule has 4 heteroatoms. The molecule has 0 aliphatic heterocycles. The predicted molar refractivity (Wildman–Crippen MR) is 174 cm³/mol. The van der Waals surface area contributed by atoms with Crippen molar-refractivity contribution in [3.8, 4) is 17.2 Å². The van der Waals surface area contributed by atoms with E-state index in [2.05, 4.69) is 130 Å². The van der Waals surface area contributed by atoms with Crippen molar-refractivity contribution in [2.24, 2.45) is 0 Å². The standard InChI is InChI=1S/C38H22N4/c1-2-11-23(12-3-1)36-28-14-4-6-18-29(28)39-38(40-36)42-31-20-9-15-25-27-17-8-16-26-24-13-5-7-19-30(24)41(37(26)27)32-21-10-22-33(42)35(32)34(25)31/h1-22H. The smallest absolute Gasteiger partial charge is 0.235 e. The van der Waals surface area contributed by atoms with Crippen molar-refractivity contribution in [1.29, 1.82) is 0 Å². The fourth-order valence-electron chi connectivity index (χ4n) is 7.18. The molecule has 194 valence electrons. The second-order valence-corrected chi connectivity index (χ2v) is 11.0. The van der Waals surface area contributed by atoms with Crippen LogP contribution in [0.1, 0.15) is 0 Å². The van der Waals surface area contributed by atoms with E-state index in [1.807, 2.05) is 12.1 Å². The summed E-state index contributed by atoms with van der Waals surface area (Å²) in [6, 6.07) is 47.5. The Balaban J connectivity index is 1.45. The summed E-state index contributed by atoms with van der Waals surface area (Å²) >= 11 is 0. The van der Waals surface area contributed by atoms with Gasteiger partial charge in [0.1, 0.15) is 0 Å². The third-order valence-corrected chi connectivity index (χ3v) is 8.86. The molecule has 0 aliphatic rings. The van der Waals surface area contributed by atoms with Crippen LogP contribution in [0.25, 0.3) is 88.0 Å². The minimum absolute atomic E-state index is 0.679. The average molecular weight is 535 g/mol. The van der Waals surface area contributed by atoms with E-state index in [9.17, 15) is 0 Å². The van der Waals surface area contributed by atoms with Gasteiger partial charge in [-0.05, 0) is 35.7 Å². The zero-order valence-corrected chi connectivity index (χ0v) is 22.5. The Labute approximate surface area is 240 Å². The van der Waals surface area contributed by atoms with Gasteiger partial charge in [-0.1, -0.05) is 103 Å². The molecule has 0 radical (unpaired) electrons. The van der Waals surface area contributed by atoms with Gasteiger partial charge in [0.2, 0.25) is 5.95 Å². The van der Waals surface area contributed by atoms with Gasteiger partial charge >= 0.3 is 0 Å². The molecule has 0 fully saturated rings. The fraction of sp³-hybridized carbons (Fsp3) is 0. The van der Waals surface area contributed by atoms with Gasteiger partial charge in [0.15, 0.2) is 0 Å². The second-order valence-electron chi connectivity index (χ2n) is 11.0. The summed E-state index contributed by atoms with van der Waals surface area (Å²) in [5.74, 6) is 0.679. The van der Waals surface area contributed by atoms with Crippen LogP contribution >= 0.6 is 0 Å². The summed E-state index contributed by atoms with van der Waals surface area (Å²) in [4.78, 5) is 10.5. The number of para-hydroxylation sites is 3. The monoisotopic (exact) mass is 534 g/mol. The third-order valence-electron chi connectivity index (χ3n) is 8.86. The lowest BCUT2D eigenvalue weighted by Gasteiger charge is -2.12. The quantitative estimate of drug-likeness (QED) is 0.221. The molecular formula is C38H22N4. The average Bonchev–Trinajstić information content (AvgIpc) is 3.53. The Kier molecular flexibility index (Phi) is 4.15. The van der Waals surface area contributed by atoms with Gasteiger partial charge in [0.25, 0.3) is 0 Å². The minimum atomic E-state index is 0.679. The highest BCUT2D eigenvalue weighted by atomic mass is 15.2. The Morgan fingerprint density at radius 2 is 1.00 bits per heavy atom. The number of benzene rings is 6. The SMILES string of the molecule is c1ccc(-c2nc(-n3c4cccc5c6cccc7c8ccccc8n(c8cccc3c8c54)c67)nc3ccccc23)cc1. The minimum Gasteiger partial charge on any atom is -0.308 e. The molecule has 10 aromatic rings. The van der Waals surface area contributed by atoms with Gasteiger partial charge in [0, 0.05) is 37.9 Å². The molecule has 0 bridgehead atoms. The highest BCUT2D eigenvalue weighted by molar-refractivity contribution is 6.31. The van der Waals surface area contributed by atoms with Gasteiger partial charge in [-0.2, -0.15) is 0 Å². The molecule has 0 N–H and O–H groups in total. The number of nitrogens with zero attached hydrogens (tertiary/aromatic N) is 4. The molecule has 0 saturated carbocycles. The molecule has 0 aliphatic carbocycles. The summed E-state index contributed by atoms with van der Waals surface area (Å²) in [5, 5.41) is 8.54. The summed E-state index contributed by atoms with van der Waals surface area (Å²) in [6.45, 7) is 0. The second kappa shape index (κ2) is 7.93. The van der Waals surface area contributed by atoms with Gasteiger partial charge in [0.05, 0.1) is 38.8 Å². The van der Waals surface area contributed by atoms with E-state index in [4.69, 9.17) is 9.97 Å². The molecule has 0 unspecified atom stereocenters. The van der Waals surface area contributed by atoms with E-state index in [1.54, 1.807) is 0 Å². The number of hydrogen-bond acceptors (Lipinski definition) is 2. The van der Waals surface area contributed by atoms with Crippen LogP contribution in [0.4, 0.5) is 0 Å². The van der Waals surface area contributed by atoms with Crippen molar-refractivity contribution >= 4 is 70.8 Å². The highest BCUT2D eigenvalue weighted by Gasteiger charge is 2.23. The maximum absolute atomic E-state index is 5.29. The lowest BCUT2D eigenvalue weighted by molar-refractivity contribution is 1.01. The molecular weight excluding hydrogens is 512 g/mol. The topological polar surface area (TPSA) is 35.1 Å². The summed E-state index contributed by atoms with van der Waals surface area (Å²) in [6.07, 6.45) is 0. The molecule has 4 nitrogen and oxygen atoms in total.